The van der Waals surface area contributed by atoms with Crippen molar-refractivity contribution >= 4 is 5.97 Å². The zero-order valence-corrected chi connectivity index (χ0v) is 20.2. The van der Waals surface area contributed by atoms with E-state index in [0.29, 0.717) is 11.8 Å². The fraction of sp³-hybridized carbons (Fsp3) is 0.963. The van der Waals surface area contributed by atoms with Crippen molar-refractivity contribution in [3.05, 3.63) is 0 Å². The summed E-state index contributed by atoms with van der Waals surface area (Å²) in [6.07, 6.45) is 19.9. The number of hydrogen-bond donors (Lipinski definition) is 1. The number of esters is 1. The van der Waals surface area contributed by atoms with Crippen molar-refractivity contribution in [3.8, 4) is 0 Å². The highest BCUT2D eigenvalue weighted by atomic mass is 16.5. The summed E-state index contributed by atoms with van der Waals surface area (Å²) in [5.41, 5.74) is 0. The van der Waals surface area contributed by atoms with E-state index in [0.717, 1.165) is 50.9 Å². The Kier molecular flexibility index (Phi) is 12.4. The first kappa shape index (κ1) is 25.7. The lowest BCUT2D eigenvalue weighted by molar-refractivity contribution is -0.158. The zero-order chi connectivity index (χ0) is 21.8. The average molecular weight is 423 g/mol. The lowest BCUT2D eigenvalue weighted by Crippen LogP contribution is -2.34. The van der Waals surface area contributed by atoms with Crippen LogP contribution in [0.15, 0.2) is 0 Å². The molecule has 0 heterocycles. The molecule has 0 aromatic heterocycles. The standard InChI is InChI=1S/C27H50O3/c1-4-6-8-10-11-21(3)26(28)23-15-17-24(18-16-23)27(29)30-25-19-13-22(14-20-25)12-9-7-5-2/h21-26,28H,4-20H2,1-3H3. The fourth-order valence-corrected chi connectivity index (χ4v) is 5.71. The van der Waals surface area contributed by atoms with E-state index in [1.54, 1.807) is 0 Å². The number of hydrogen-bond acceptors (Lipinski definition) is 3. The lowest BCUT2D eigenvalue weighted by Gasteiger charge is -2.34. The molecular weight excluding hydrogens is 372 g/mol. The summed E-state index contributed by atoms with van der Waals surface area (Å²) in [7, 11) is 0. The number of aliphatic hydroxyl groups excluding tert-OH is 1. The van der Waals surface area contributed by atoms with Crippen LogP contribution >= 0.6 is 0 Å². The number of aliphatic hydroxyl groups is 1. The van der Waals surface area contributed by atoms with Gasteiger partial charge in [0.15, 0.2) is 0 Å². The molecule has 2 unspecified atom stereocenters. The molecule has 0 saturated heterocycles. The molecule has 1 N–H and O–H groups in total. The molecule has 2 aliphatic rings. The monoisotopic (exact) mass is 422 g/mol. The van der Waals surface area contributed by atoms with E-state index in [-0.39, 0.29) is 24.1 Å². The molecule has 3 nitrogen and oxygen atoms in total. The number of carbonyl (C=O) groups excluding carboxylic acids is 1. The van der Waals surface area contributed by atoms with E-state index in [1.807, 2.05) is 0 Å². The van der Waals surface area contributed by atoms with Crippen LogP contribution in [0, 0.1) is 23.7 Å². The first-order valence-electron chi connectivity index (χ1n) is 13.4. The number of unbranched alkanes of at least 4 members (excludes halogenated alkanes) is 5. The summed E-state index contributed by atoms with van der Waals surface area (Å²) in [5.74, 6) is 1.71. The summed E-state index contributed by atoms with van der Waals surface area (Å²) in [5, 5.41) is 10.8. The molecule has 0 spiro atoms. The van der Waals surface area contributed by atoms with Gasteiger partial charge in [-0.3, -0.25) is 4.79 Å². The molecule has 2 atom stereocenters. The molecule has 0 aromatic rings. The van der Waals surface area contributed by atoms with Gasteiger partial charge in [-0.15, -0.1) is 0 Å². The van der Waals surface area contributed by atoms with Crippen LogP contribution in [0.3, 0.4) is 0 Å². The molecule has 0 radical (unpaired) electrons. The molecule has 2 fully saturated rings. The van der Waals surface area contributed by atoms with Crippen molar-refractivity contribution in [2.75, 3.05) is 0 Å². The van der Waals surface area contributed by atoms with Gasteiger partial charge in [-0.2, -0.15) is 0 Å². The molecule has 2 aliphatic carbocycles. The van der Waals surface area contributed by atoms with Crippen LogP contribution in [0.5, 0.6) is 0 Å². The summed E-state index contributed by atoms with van der Waals surface area (Å²) in [4.78, 5) is 12.7. The van der Waals surface area contributed by atoms with Gasteiger partial charge in [0.1, 0.15) is 6.10 Å². The molecule has 30 heavy (non-hydrogen) atoms. The van der Waals surface area contributed by atoms with Crippen molar-refractivity contribution in [1.29, 1.82) is 0 Å². The van der Waals surface area contributed by atoms with Gasteiger partial charge in [0.2, 0.25) is 0 Å². The molecule has 0 bridgehead atoms. The van der Waals surface area contributed by atoms with Gasteiger partial charge in [-0.1, -0.05) is 72.1 Å². The molecule has 0 aliphatic heterocycles. The van der Waals surface area contributed by atoms with Crippen LogP contribution in [-0.2, 0) is 9.53 Å². The van der Waals surface area contributed by atoms with Gasteiger partial charge < -0.3 is 9.84 Å². The first-order valence-corrected chi connectivity index (χ1v) is 13.4. The van der Waals surface area contributed by atoms with Gasteiger partial charge in [0.25, 0.3) is 0 Å². The highest BCUT2D eigenvalue weighted by molar-refractivity contribution is 5.72. The Bertz CT molecular complexity index is 447. The maximum Gasteiger partial charge on any atom is 0.309 e. The van der Waals surface area contributed by atoms with Crippen LogP contribution in [-0.4, -0.2) is 23.3 Å². The maximum atomic E-state index is 12.7. The summed E-state index contributed by atoms with van der Waals surface area (Å²) in [6.45, 7) is 6.71. The van der Waals surface area contributed by atoms with Crippen LogP contribution < -0.4 is 0 Å². The van der Waals surface area contributed by atoms with Crippen molar-refractivity contribution in [1.82, 2.24) is 0 Å². The molecule has 176 valence electrons. The summed E-state index contributed by atoms with van der Waals surface area (Å²) < 4.78 is 5.92. The van der Waals surface area contributed by atoms with E-state index in [1.165, 1.54) is 64.2 Å². The van der Waals surface area contributed by atoms with Crippen molar-refractivity contribution in [3.63, 3.8) is 0 Å². The van der Waals surface area contributed by atoms with Crippen molar-refractivity contribution < 1.29 is 14.6 Å². The smallest absolute Gasteiger partial charge is 0.309 e. The van der Waals surface area contributed by atoms with Gasteiger partial charge in [0.05, 0.1) is 12.0 Å². The minimum absolute atomic E-state index is 0.0463. The SMILES string of the molecule is CCCCCCC(C)C(O)C1CCC(C(=O)OC2CCC(CCCCC)CC2)CC1. The largest absolute Gasteiger partial charge is 0.462 e. The molecule has 2 saturated carbocycles. The average Bonchev–Trinajstić information content (AvgIpc) is 2.77. The second-order valence-electron chi connectivity index (χ2n) is 10.5. The lowest BCUT2D eigenvalue weighted by atomic mass is 9.75. The number of rotatable bonds is 13. The minimum Gasteiger partial charge on any atom is -0.462 e. The van der Waals surface area contributed by atoms with E-state index in [4.69, 9.17) is 4.74 Å². The predicted octanol–water partition coefficient (Wildman–Crippen LogP) is 7.44. The fourth-order valence-electron chi connectivity index (χ4n) is 5.71. The Hall–Kier alpha value is -0.570. The van der Waals surface area contributed by atoms with Crippen LogP contribution in [0.4, 0.5) is 0 Å². The normalized spacial score (nSPS) is 29.3. The molecular formula is C27H50O3. The van der Waals surface area contributed by atoms with E-state index in [9.17, 15) is 9.90 Å². The van der Waals surface area contributed by atoms with Gasteiger partial charge in [0, 0.05) is 0 Å². The molecule has 0 amide bonds. The second kappa shape index (κ2) is 14.5. The highest BCUT2D eigenvalue weighted by Crippen LogP contribution is 2.36. The van der Waals surface area contributed by atoms with Crippen molar-refractivity contribution in [2.45, 2.75) is 142 Å². The topological polar surface area (TPSA) is 46.5 Å². The zero-order valence-electron chi connectivity index (χ0n) is 20.2. The third kappa shape index (κ3) is 8.89. The molecule has 2 rings (SSSR count). The summed E-state index contributed by atoms with van der Waals surface area (Å²) >= 11 is 0. The van der Waals surface area contributed by atoms with Crippen LogP contribution in [0.1, 0.15) is 130 Å². The van der Waals surface area contributed by atoms with Crippen molar-refractivity contribution in [2.24, 2.45) is 23.7 Å². The Morgan fingerprint density at radius 2 is 1.50 bits per heavy atom. The highest BCUT2D eigenvalue weighted by Gasteiger charge is 2.34. The Morgan fingerprint density at radius 3 is 2.13 bits per heavy atom. The van der Waals surface area contributed by atoms with E-state index in [2.05, 4.69) is 20.8 Å². The number of ether oxygens (including phenoxy) is 1. The van der Waals surface area contributed by atoms with Gasteiger partial charge in [-0.25, -0.2) is 0 Å². The Balaban J connectivity index is 1.62. The van der Waals surface area contributed by atoms with E-state index < -0.39 is 0 Å². The number of carbonyl (C=O) groups is 1. The van der Waals surface area contributed by atoms with Crippen LogP contribution in [0.25, 0.3) is 0 Å². The third-order valence-corrected chi connectivity index (χ3v) is 7.98. The van der Waals surface area contributed by atoms with Gasteiger partial charge in [-0.05, 0) is 75.5 Å². The second-order valence-corrected chi connectivity index (χ2v) is 10.5. The summed E-state index contributed by atoms with van der Waals surface area (Å²) in [6, 6.07) is 0. The Morgan fingerprint density at radius 1 is 0.867 bits per heavy atom. The first-order chi connectivity index (χ1) is 14.5. The van der Waals surface area contributed by atoms with Gasteiger partial charge >= 0.3 is 5.97 Å². The Labute approximate surface area is 186 Å². The molecule has 3 heteroatoms. The minimum atomic E-state index is -0.202. The van der Waals surface area contributed by atoms with E-state index >= 15 is 0 Å². The predicted molar refractivity (Wildman–Crippen MR) is 125 cm³/mol. The quantitative estimate of drug-likeness (QED) is 0.248. The maximum absolute atomic E-state index is 12.7. The van der Waals surface area contributed by atoms with Crippen LogP contribution in [0.2, 0.25) is 0 Å². The molecule has 0 aromatic carbocycles. The third-order valence-electron chi connectivity index (χ3n) is 7.98.